The van der Waals surface area contributed by atoms with Gasteiger partial charge in [-0.05, 0) is 50.8 Å². The quantitative estimate of drug-likeness (QED) is 0.517. The first-order chi connectivity index (χ1) is 12.6. The van der Waals surface area contributed by atoms with E-state index in [1.807, 2.05) is 6.92 Å². The fourth-order valence-corrected chi connectivity index (χ4v) is 4.10. The standard InChI is InChI=1S/C19H23N3O3S/c1-11(17(23)13-6-9-15(24-2)16(10-13)25-3)26-19-21-20-18(12-4-5-12)22(19)14-7-8-14/h6,9-12,14H,4-5,7-8H2,1-3H3/t11-/m0/s1. The topological polar surface area (TPSA) is 66.2 Å². The molecule has 1 aromatic carbocycles. The molecule has 0 saturated heterocycles. The molecule has 1 heterocycles. The van der Waals surface area contributed by atoms with Crippen LogP contribution in [0.15, 0.2) is 23.4 Å². The van der Waals surface area contributed by atoms with Gasteiger partial charge >= 0.3 is 0 Å². The number of methoxy groups -OCH3 is 2. The second-order valence-electron chi connectivity index (χ2n) is 6.91. The third-order valence-corrected chi connectivity index (χ3v) is 5.92. The van der Waals surface area contributed by atoms with Gasteiger partial charge in [0.05, 0.1) is 19.5 Å². The van der Waals surface area contributed by atoms with E-state index in [1.165, 1.54) is 37.4 Å². The molecule has 0 spiro atoms. The Morgan fingerprint density at radius 2 is 1.88 bits per heavy atom. The first-order valence-electron chi connectivity index (χ1n) is 9.00. The molecule has 0 amide bonds. The van der Waals surface area contributed by atoms with Crippen molar-refractivity contribution < 1.29 is 14.3 Å². The van der Waals surface area contributed by atoms with Gasteiger partial charge in [0, 0.05) is 17.5 Å². The molecule has 4 rings (SSSR count). The molecule has 0 N–H and O–H groups in total. The lowest BCUT2D eigenvalue weighted by atomic mass is 10.1. The van der Waals surface area contributed by atoms with Crippen LogP contribution >= 0.6 is 11.8 Å². The van der Waals surface area contributed by atoms with Crippen LogP contribution in [0.3, 0.4) is 0 Å². The van der Waals surface area contributed by atoms with Gasteiger partial charge in [-0.3, -0.25) is 4.79 Å². The SMILES string of the molecule is COc1ccc(C(=O)[C@H](C)Sc2nnc(C3CC3)n2C2CC2)cc1OC. The number of hydrogen-bond donors (Lipinski definition) is 0. The van der Waals surface area contributed by atoms with Gasteiger partial charge in [0.25, 0.3) is 0 Å². The largest absolute Gasteiger partial charge is 0.493 e. The highest BCUT2D eigenvalue weighted by Crippen LogP contribution is 2.46. The van der Waals surface area contributed by atoms with Gasteiger partial charge < -0.3 is 14.0 Å². The first-order valence-corrected chi connectivity index (χ1v) is 9.88. The molecule has 2 aromatic rings. The molecule has 6 nitrogen and oxygen atoms in total. The minimum atomic E-state index is -0.248. The number of carbonyl (C=O) groups is 1. The molecule has 2 fully saturated rings. The molecule has 1 aromatic heterocycles. The average molecular weight is 373 g/mol. The first kappa shape index (κ1) is 17.4. The molecular weight excluding hydrogens is 350 g/mol. The predicted octanol–water partition coefficient (Wildman–Crippen LogP) is 3.87. The number of ketones is 1. The van der Waals surface area contributed by atoms with Crippen LogP contribution in [0.25, 0.3) is 0 Å². The molecule has 2 saturated carbocycles. The molecule has 26 heavy (non-hydrogen) atoms. The van der Waals surface area contributed by atoms with Crippen LogP contribution < -0.4 is 9.47 Å². The summed E-state index contributed by atoms with van der Waals surface area (Å²) in [5.41, 5.74) is 0.613. The van der Waals surface area contributed by atoms with Gasteiger partial charge in [-0.25, -0.2) is 0 Å². The lowest BCUT2D eigenvalue weighted by Gasteiger charge is -2.14. The summed E-state index contributed by atoms with van der Waals surface area (Å²) < 4.78 is 12.8. The zero-order valence-electron chi connectivity index (χ0n) is 15.3. The highest BCUT2D eigenvalue weighted by Gasteiger charge is 2.37. The van der Waals surface area contributed by atoms with Gasteiger partial charge in [-0.1, -0.05) is 11.8 Å². The van der Waals surface area contributed by atoms with E-state index < -0.39 is 0 Å². The molecule has 2 aliphatic carbocycles. The molecule has 138 valence electrons. The maximum Gasteiger partial charge on any atom is 0.192 e. The summed E-state index contributed by atoms with van der Waals surface area (Å²) in [5, 5.41) is 9.44. The van der Waals surface area contributed by atoms with Crippen molar-refractivity contribution in [3.63, 3.8) is 0 Å². The van der Waals surface area contributed by atoms with Crippen molar-refractivity contribution in [3.8, 4) is 11.5 Å². The highest BCUT2D eigenvalue weighted by atomic mass is 32.2. The number of aromatic nitrogens is 3. The molecular formula is C19H23N3O3S. The fourth-order valence-electron chi connectivity index (χ4n) is 3.10. The lowest BCUT2D eigenvalue weighted by molar-refractivity contribution is 0.0993. The summed E-state index contributed by atoms with van der Waals surface area (Å²) in [6.45, 7) is 1.92. The number of ether oxygens (including phenoxy) is 2. The Kier molecular flexibility index (Phi) is 4.65. The van der Waals surface area contributed by atoms with Gasteiger partial charge in [0.2, 0.25) is 0 Å². The minimum Gasteiger partial charge on any atom is -0.493 e. The van der Waals surface area contributed by atoms with Crippen molar-refractivity contribution in [1.29, 1.82) is 0 Å². The number of rotatable bonds is 8. The molecule has 1 atom stereocenters. The second-order valence-corrected chi connectivity index (χ2v) is 8.22. The minimum absolute atomic E-state index is 0.0503. The molecule has 2 aliphatic rings. The normalized spacial score (nSPS) is 17.8. The summed E-state index contributed by atoms with van der Waals surface area (Å²) in [4.78, 5) is 12.9. The van der Waals surface area contributed by atoms with Crippen molar-refractivity contribution in [2.45, 2.75) is 55.0 Å². The summed E-state index contributed by atoms with van der Waals surface area (Å²) in [7, 11) is 3.15. The van der Waals surface area contributed by atoms with E-state index in [-0.39, 0.29) is 11.0 Å². The highest BCUT2D eigenvalue weighted by molar-refractivity contribution is 8.00. The Morgan fingerprint density at radius 1 is 1.15 bits per heavy atom. The number of nitrogens with zero attached hydrogens (tertiary/aromatic N) is 3. The smallest absolute Gasteiger partial charge is 0.192 e. The monoisotopic (exact) mass is 373 g/mol. The summed E-state index contributed by atoms with van der Waals surface area (Å²) in [6.07, 6.45) is 4.78. The predicted molar refractivity (Wildman–Crippen MR) is 99.5 cm³/mol. The number of hydrogen-bond acceptors (Lipinski definition) is 6. The Labute approximate surface area is 157 Å². The van der Waals surface area contributed by atoms with Crippen molar-refractivity contribution in [3.05, 3.63) is 29.6 Å². The van der Waals surface area contributed by atoms with Gasteiger partial charge in [0.15, 0.2) is 22.4 Å². The van der Waals surface area contributed by atoms with Crippen LogP contribution in [0.4, 0.5) is 0 Å². The van der Waals surface area contributed by atoms with Crippen LogP contribution in [0, 0.1) is 0 Å². The average Bonchev–Trinajstić information content (AvgIpc) is 3.59. The number of carbonyl (C=O) groups excluding carboxylic acids is 1. The summed E-state index contributed by atoms with van der Waals surface area (Å²) in [5.74, 6) is 2.91. The molecule has 0 aliphatic heterocycles. The molecule has 0 radical (unpaired) electrons. The van der Waals surface area contributed by atoms with Crippen molar-refractivity contribution in [2.24, 2.45) is 0 Å². The third-order valence-electron chi connectivity index (χ3n) is 4.86. The fraction of sp³-hybridized carbons (Fsp3) is 0.526. The molecule has 0 bridgehead atoms. The van der Waals surface area contributed by atoms with Gasteiger partial charge in [-0.15, -0.1) is 10.2 Å². The Bertz CT molecular complexity index is 827. The maximum atomic E-state index is 12.9. The van der Waals surface area contributed by atoms with E-state index in [1.54, 1.807) is 32.4 Å². The number of thioether (sulfide) groups is 1. The van der Waals surface area contributed by atoms with Gasteiger partial charge in [0.1, 0.15) is 5.82 Å². The Morgan fingerprint density at radius 3 is 2.50 bits per heavy atom. The van der Waals surface area contributed by atoms with Crippen LogP contribution in [0.5, 0.6) is 11.5 Å². The summed E-state index contributed by atoms with van der Waals surface area (Å²) in [6, 6.07) is 5.80. The summed E-state index contributed by atoms with van der Waals surface area (Å²) >= 11 is 1.50. The van der Waals surface area contributed by atoms with E-state index in [0.29, 0.717) is 29.0 Å². The van der Waals surface area contributed by atoms with Gasteiger partial charge in [-0.2, -0.15) is 0 Å². The van der Waals surface area contributed by atoms with Crippen LogP contribution in [0.1, 0.15) is 60.7 Å². The molecule has 7 heteroatoms. The Balaban J connectivity index is 1.53. The van der Waals surface area contributed by atoms with Crippen LogP contribution in [-0.4, -0.2) is 40.0 Å². The lowest BCUT2D eigenvalue weighted by Crippen LogP contribution is -2.15. The van der Waals surface area contributed by atoms with Crippen LogP contribution in [0.2, 0.25) is 0 Å². The van der Waals surface area contributed by atoms with E-state index >= 15 is 0 Å². The maximum absolute atomic E-state index is 12.9. The van der Waals surface area contributed by atoms with E-state index in [4.69, 9.17) is 9.47 Å². The van der Waals surface area contributed by atoms with Crippen molar-refractivity contribution in [1.82, 2.24) is 14.8 Å². The third kappa shape index (κ3) is 3.32. The number of Topliss-reactive ketones (excluding diaryl/α,β-unsaturated/α-hetero) is 1. The van der Waals surface area contributed by atoms with E-state index in [9.17, 15) is 4.79 Å². The van der Waals surface area contributed by atoms with Crippen molar-refractivity contribution >= 4 is 17.5 Å². The van der Waals surface area contributed by atoms with Crippen LogP contribution in [-0.2, 0) is 0 Å². The van der Waals surface area contributed by atoms with Crippen molar-refractivity contribution in [2.75, 3.05) is 14.2 Å². The Hall–Kier alpha value is -2.02. The molecule has 0 unspecified atom stereocenters. The zero-order valence-corrected chi connectivity index (χ0v) is 16.1. The second kappa shape index (κ2) is 6.95. The zero-order chi connectivity index (χ0) is 18.3. The van der Waals surface area contributed by atoms with E-state index in [2.05, 4.69) is 14.8 Å². The number of benzene rings is 1. The van der Waals surface area contributed by atoms with E-state index in [0.717, 1.165) is 11.0 Å².